The van der Waals surface area contributed by atoms with E-state index in [9.17, 15) is 4.79 Å². The van der Waals surface area contributed by atoms with Gasteiger partial charge in [-0.15, -0.1) is 11.3 Å². The summed E-state index contributed by atoms with van der Waals surface area (Å²) in [5.41, 5.74) is 5.71. The average Bonchev–Trinajstić information content (AvgIpc) is 2.49. The maximum absolute atomic E-state index is 11.2. The van der Waals surface area contributed by atoms with Crippen molar-refractivity contribution in [2.45, 2.75) is 25.8 Å². The van der Waals surface area contributed by atoms with Crippen molar-refractivity contribution >= 4 is 33.0 Å². The van der Waals surface area contributed by atoms with E-state index in [0.29, 0.717) is 12.8 Å². The molecule has 72 valence electrons. The van der Waals surface area contributed by atoms with E-state index in [1.54, 1.807) is 11.3 Å². The van der Waals surface area contributed by atoms with Crippen LogP contribution in [0.3, 0.4) is 0 Å². The van der Waals surface area contributed by atoms with Gasteiger partial charge >= 0.3 is 0 Å². The molecule has 0 bridgehead atoms. The van der Waals surface area contributed by atoms with E-state index in [4.69, 9.17) is 5.73 Å². The van der Waals surface area contributed by atoms with Crippen LogP contribution < -0.4 is 5.73 Å². The summed E-state index contributed by atoms with van der Waals surface area (Å²) in [5, 5.41) is 0. The number of halogens is 1. The Morgan fingerprint density at radius 1 is 1.69 bits per heavy atom. The molecule has 2 nitrogen and oxygen atoms in total. The van der Waals surface area contributed by atoms with Crippen molar-refractivity contribution in [2.75, 3.05) is 0 Å². The Labute approximate surface area is 90.3 Å². The van der Waals surface area contributed by atoms with Gasteiger partial charge < -0.3 is 5.73 Å². The van der Waals surface area contributed by atoms with Crippen LogP contribution in [0.4, 0.5) is 0 Å². The summed E-state index contributed by atoms with van der Waals surface area (Å²) in [6.45, 7) is 1.84. The number of hydrogen-bond acceptors (Lipinski definition) is 3. The molecule has 0 fully saturated rings. The number of ketones is 1. The molecule has 1 heterocycles. The van der Waals surface area contributed by atoms with Gasteiger partial charge in [-0.1, -0.05) is 6.92 Å². The van der Waals surface area contributed by atoms with Crippen LogP contribution in [-0.4, -0.2) is 11.8 Å². The molecule has 0 spiro atoms. The minimum atomic E-state index is -0.337. The molecular weight excluding hydrogens is 250 g/mol. The molecule has 0 radical (unpaired) electrons. The number of Topliss-reactive ketones (excluding diaryl/α,β-unsaturated/α-hetero) is 1. The minimum absolute atomic E-state index is 0.129. The summed E-state index contributed by atoms with van der Waals surface area (Å²) in [7, 11) is 0. The van der Waals surface area contributed by atoms with E-state index < -0.39 is 0 Å². The number of nitrogens with two attached hydrogens (primary N) is 1. The lowest BCUT2D eigenvalue weighted by atomic mass is 10.1. The molecule has 0 amide bonds. The fourth-order valence-electron chi connectivity index (χ4n) is 1.05. The highest BCUT2D eigenvalue weighted by Crippen LogP contribution is 2.22. The van der Waals surface area contributed by atoms with E-state index in [1.165, 1.54) is 0 Å². The van der Waals surface area contributed by atoms with Crippen molar-refractivity contribution in [1.29, 1.82) is 0 Å². The van der Waals surface area contributed by atoms with Gasteiger partial charge in [-0.3, -0.25) is 4.79 Å². The highest BCUT2D eigenvalue weighted by atomic mass is 79.9. The molecule has 1 atom stereocenters. The summed E-state index contributed by atoms with van der Waals surface area (Å²) < 4.78 is 1.08. The lowest BCUT2D eigenvalue weighted by Gasteiger charge is -2.06. The van der Waals surface area contributed by atoms with Crippen LogP contribution in [0, 0.1) is 0 Å². The quantitative estimate of drug-likeness (QED) is 0.905. The third kappa shape index (κ3) is 3.21. The Bertz CT molecular complexity index is 298. The average molecular weight is 262 g/mol. The molecule has 0 aromatic carbocycles. The molecular formula is C9H12BrNOS. The predicted octanol–water partition coefficient (Wildman–Crippen LogP) is 2.36. The molecule has 0 saturated carbocycles. The second-order valence-electron chi connectivity index (χ2n) is 2.84. The van der Waals surface area contributed by atoms with Crippen molar-refractivity contribution in [3.05, 3.63) is 20.8 Å². The Hall–Kier alpha value is -0.190. The van der Waals surface area contributed by atoms with Crippen molar-refractivity contribution in [3.8, 4) is 0 Å². The third-order valence-corrected chi connectivity index (χ3v) is 3.46. The van der Waals surface area contributed by atoms with Crippen molar-refractivity contribution in [3.63, 3.8) is 0 Å². The zero-order valence-electron chi connectivity index (χ0n) is 7.42. The first-order valence-corrected chi connectivity index (χ1v) is 5.77. The maximum Gasteiger partial charge on any atom is 0.149 e. The largest absolute Gasteiger partial charge is 0.321 e. The molecule has 1 rings (SSSR count). The number of rotatable bonds is 4. The topological polar surface area (TPSA) is 43.1 Å². The third-order valence-electron chi connectivity index (χ3n) is 1.81. The number of thiophene rings is 1. The summed E-state index contributed by atoms with van der Waals surface area (Å²) >= 11 is 5.00. The summed E-state index contributed by atoms with van der Waals surface area (Å²) in [4.78, 5) is 12.3. The fourth-order valence-corrected chi connectivity index (χ4v) is 2.60. The van der Waals surface area contributed by atoms with Crippen LogP contribution >= 0.6 is 27.3 Å². The van der Waals surface area contributed by atoms with Gasteiger partial charge in [0.25, 0.3) is 0 Å². The fraction of sp³-hybridized carbons (Fsp3) is 0.444. The first-order valence-electron chi connectivity index (χ1n) is 4.16. The molecule has 0 saturated heterocycles. The second-order valence-corrected chi connectivity index (χ2v) is 5.38. The Morgan fingerprint density at radius 3 is 2.85 bits per heavy atom. The monoisotopic (exact) mass is 261 g/mol. The molecule has 1 aromatic heterocycles. The molecule has 1 aromatic rings. The van der Waals surface area contributed by atoms with Gasteiger partial charge in [0, 0.05) is 17.7 Å². The SMILES string of the molecule is CCC(=O)[C@H](N)Cc1ccc(Br)s1. The lowest BCUT2D eigenvalue weighted by molar-refractivity contribution is -0.119. The highest BCUT2D eigenvalue weighted by Gasteiger charge is 2.12. The predicted molar refractivity (Wildman–Crippen MR) is 59.0 cm³/mol. The molecule has 2 N–H and O–H groups in total. The Morgan fingerprint density at radius 2 is 2.38 bits per heavy atom. The zero-order valence-corrected chi connectivity index (χ0v) is 9.82. The van der Waals surface area contributed by atoms with Crippen LogP contribution in [0.15, 0.2) is 15.9 Å². The zero-order chi connectivity index (χ0) is 9.84. The van der Waals surface area contributed by atoms with E-state index in [1.807, 2.05) is 19.1 Å². The molecule has 0 unspecified atom stereocenters. The van der Waals surface area contributed by atoms with Gasteiger partial charge in [0.15, 0.2) is 0 Å². The van der Waals surface area contributed by atoms with Gasteiger partial charge in [0.2, 0.25) is 0 Å². The number of carbonyl (C=O) groups is 1. The van der Waals surface area contributed by atoms with Crippen molar-refractivity contribution in [1.82, 2.24) is 0 Å². The van der Waals surface area contributed by atoms with Gasteiger partial charge in [-0.2, -0.15) is 0 Å². The molecule has 13 heavy (non-hydrogen) atoms. The molecule has 0 aliphatic carbocycles. The van der Waals surface area contributed by atoms with Crippen LogP contribution in [-0.2, 0) is 11.2 Å². The lowest BCUT2D eigenvalue weighted by Crippen LogP contribution is -2.31. The first-order chi connectivity index (χ1) is 6.13. The van der Waals surface area contributed by atoms with E-state index in [2.05, 4.69) is 15.9 Å². The van der Waals surface area contributed by atoms with Gasteiger partial charge in [-0.05, 0) is 28.1 Å². The van der Waals surface area contributed by atoms with Crippen molar-refractivity contribution in [2.24, 2.45) is 5.73 Å². The van der Waals surface area contributed by atoms with E-state index >= 15 is 0 Å². The van der Waals surface area contributed by atoms with Gasteiger partial charge in [0.1, 0.15) is 5.78 Å². The van der Waals surface area contributed by atoms with Crippen LogP contribution in [0.2, 0.25) is 0 Å². The summed E-state index contributed by atoms with van der Waals surface area (Å²) in [5.74, 6) is 0.129. The first kappa shape index (κ1) is 10.9. The molecule has 4 heteroatoms. The number of hydrogen-bond donors (Lipinski definition) is 1. The summed E-state index contributed by atoms with van der Waals surface area (Å²) in [6.07, 6.45) is 1.18. The maximum atomic E-state index is 11.2. The normalized spacial score (nSPS) is 12.8. The Balaban J connectivity index is 2.54. The standard InChI is InChI=1S/C9H12BrNOS/c1-2-8(12)7(11)5-6-3-4-9(10)13-6/h3-4,7H,2,5,11H2,1H3/t7-/m1/s1. The Kier molecular flexibility index (Phi) is 4.09. The molecule has 0 aliphatic rings. The van der Waals surface area contributed by atoms with Crippen molar-refractivity contribution < 1.29 is 4.79 Å². The smallest absolute Gasteiger partial charge is 0.149 e. The van der Waals surface area contributed by atoms with Crippen LogP contribution in [0.5, 0.6) is 0 Å². The highest BCUT2D eigenvalue weighted by molar-refractivity contribution is 9.11. The number of carbonyl (C=O) groups excluding carboxylic acids is 1. The van der Waals surface area contributed by atoms with Gasteiger partial charge in [-0.25, -0.2) is 0 Å². The van der Waals surface area contributed by atoms with E-state index in [-0.39, 0.29) is 11.8 Å². The summed E-state index contributed by atoms with van der Waals surface area (Å²) in [6, 6.07) is 3.64. The van der Waals surface area contributed by atoms with Crippen LogP contribution in [0.25, 0.3) is 0 Å². The molecule has 0 aliphatic heterocycles. The van der Waals surface area contributed by atoms with Gasteiger partial charge in [0.05, 0.1) is 9.83 Å². The second kappa shape index (κ2) is 4.88. The van der Waals surface area contributed by atoms with E-state index in [0.717, 1.165) is 8.66 Å². The van der Waals surface area contributed by atoms with Crippen LogP contribution in [0.1, 0.15) is 18.2 Å². The minimum Gasteiger partial charge on any atom is -0.321 e.